The van der Waals surface area contributed by atoms with Crippen LogP contribution in [-0.2, 0) is 33.6 Å². The van der Waals surface area contributed by atoms with Gasteiger partial charge < -0.3 is 42.7 Å². The quantitative estimate of drug-likeness (QED) is 0.109. The van der Waals surface area contributed by atoms with E-state index in [9.17, 15) is 48.3 Å². The van der Waals surface area contributed by atoms with Gasteiger partial charge in [0.2, 0.25) is 35.4 Å². The van der Waals surface area contributed by atoms with Crippen LogP contribution in [0.5, 0.6) is 0 Å². The van der Waals surface area contributed by atoms with E-state index in [0.717, 1.165) is 68.5 Å². The van der Waals surface area contributed by atoms with Crippen molar-refractivity contribution >= 4 is 53.1 Å². The molecule has 59 heavy (non-hydrogen) atoms. The summed E-state index contributed by atoms with van der Waals surface area (Å²) in [6.45, 7) is 4.54. The van der Waals surface area contributed by atoms with Crippen LogP contribution in [0.25, 0.3) is 0 Å². The molecule has 2 heterocycles. The molecule has 9 N–H and O–H groups in total. The molecule has 5 atom stereocenters. The number of rotatable bonds is 17. The standard InChI is InChI=1S/C41H58N8O10/c1-41(2,3)33(48-36(54)28(16-10-11-17-30(42)51)45-35(53)26-18-19-44-21-27(26)40(58)59)39(57)49-22-25(50)20-29(49)37(55)47-32(24-14-8-5-9-15-24)38(56)46-31(34(43)52)23-12-6-4-7-13-23/h11,17-19,21,23-24,28-29,31-33H,4-10,12-16,20,22H2,1-3H3,(H2,42,51)(H2,43,52)(H,45,53)(H,46,56)(H,47,55)(H,48,54)(H,58,59)/b17-11+/t28-,29-,31-,32-,33+/m0/s1. The van der Waals surface area contributed by atoms with Crippen molar-refractivity contribution in [1.82, 2.24) is 31.2 Å². The summed E-state index contributed by atoms with van der Waals surface area (Å²) in [7, 11) is 0. The van der Waals surface area contributed by atoms with Crippen LogP contribution in [0.2, 0.25) is 0 Å². The van der Waals surface area contributed by atoms with E-state index in [4.69, 9.17) is 11.5 Å². The zero-order valence-electron chi connectivity index (χ0n) is 34.0. The van der Waals surface area contributed by atoms with E-state index in [-0.39, 0.29) is 36.7 Å². The number of hydrogen-bond acceptors (Lipinski definition) is 10. The predicted molar refractivity (Wildman–Crippen MR) is 213 cm³/mol. The molecular formula is C41H58N8O10. The van der Waals surface area contributed by atoms with Crippen LogP contribution in [0, 0.1) is 17.3 Å². The van der Waals surface area contributed by atoms with Crippen LogP contribution in [0.1, 0.15) is 125 Å². The summed E-state index contributed by atoms with van der Waals surface area (Å²) >= 11 is 0. The molecule has 18 heteroatoms. The minimum atomic E-state index is -1.43. The number of aromatic nitrogens is 1. The zero-order chi connectivity index (χ0) is 43.4. The van der Waals surface area contributed by atoms with Crippen molar-refractivity contribution in [1.29, 1.82) is 0 Å². The fraction of sp³-hybridized carbons (Fsp3) is 0.610. The number of carbonyl (C=O) groups excluding carboxylic acids is 8. The second-order valence-corrected chi connectivity index (χ2v) is 16.8. The number of nitrogens with two attached hydrogens (primary N) is 2. The summed E-state index contributed by atoms with van der Waals surface area (Å²) in [6.07, 6.45) is 12.5. The molecule has 4 rings (SSSR count). The molecule has 3 aliphatic rings. The van der Waals surface area contributed by atoms with E-state index in [1.165, 1.54) is 18.3 Å². The lowest BCUT2D eigenvalue weighted by Gasteiger charge is -2.37. The molecule has 1 saturated heterocycles. The van der Waals surface area contributed by atoms with Gasteiger partial charge in [0.25, 0.3) is 5.91 Å². The van der Waals surface area contributed by atoms with Gasteiger partial charge in [0.1, 0.15) is 30.2 Å². The minimum absolute atomic E-state index is 0.0665. The predicted octanol–water partition coefficient (Wildman–Crippen LogP) is 1.02. The number of hydrogen-bond donors (Lipinski definition) is 7. The first kappa shape index (κ1) is 46.0. The number of primary amides is 2. The van der Waals surface area contributed by atoms with Gasteiger partial charge in [-0.3, -0.25) is 43.3 Å². The van der Waals surface area contributed by atoms with Crippen LogP contribution >= 0.6 is 0 Å². The van der Waals surface area contributed by atoms with Crippen LogP contribution < -0.4 is 32.7 Å². The van der Waals surface area contributed by atoms with E-state index in [0.29, 0.717) is 12.8 Å². The smallest absolute Gasteiger partial charge is 0.338 e. The molecule has 7 amide bonds. The number of nitrogens with zero attached hydrogens (tertiary/aromatic N) is 2. The Bertz CT molecular complexity index is 1800. The summed E-state index contributed by atoms with van der Waals surface area (Å²) in [4.78, 5) is 123. The Kier molecular flexibility index (Phi) is 16.3. The lowest BCUT2D eigenvalue weighted by atomic mass is 9.81. The number of carboxylic acids is 1. The fourth-order valence-corrected chi connectivity index (χ4v) is 8.19. The number of allylic oxidation sites excluding steroid dienone is 1. The van der Waals surface area contributed by atoms with Crippen molar-refractivity contribution < 1.29 is 48.3 Å². The largest absolute Gasteiger partial charge is 0.478 e. The maximum absolute atomic E-state index is 14.5. The molecule has 0 spiro atoms. The van der Waals surface area contributed by atoms with Gasteiger partial charge in [0.05, 0.1) is 17.7 Å². The Balaban J connectivity index is 1.57. The van der Waals surface area contributed by atoms with Gasteiger partial charge in [-0.05, 0) is 67.9 Å². The van der Waals surface area contributed by atoms with Crippen molar-refractivity contribution in [3.05, 3.63) is 41.7 Å². The van der Waals surface area contributed by atoms with Crippen LogP contribution in [-0.4, -0.2) is 105 Å². The maximum Gasteiger partial charge on any atom is 0.338 e. The first-order valence-electron chi connectivity index (χ1n) is 20.4. The number of likely N-dealkylation sites (tertiary alicyclic amines) is 1. The van der Waals surface area contributed by atoms with E-state index >= 15 is 0 Å². The molecule has 18 nitrogen and oxygen atoms in total. The van der Waals surface area contributed by atoms with Gasteiger partial charge in [0, 0.05) is 18.8 Å². The highest BCUT2D eigenvalue weighted by molar-refractivity contribution is 6.06. The summed E-state index contributed by atoms with van der Waals surface area (Å²) in [5.41, 5.74) is 9.25. The third-order valence-corrected chi connectivity index (χ3v) is 11.4. The number of aromatic carboxylic acids is 1. The summed E-state index contributed by atoms with van der Waals surface area (Å²) in [5, 5.41) is 20.5. The Morgan fingerprint density at radius 2 is 1.46 bits per heavy atom. The molecule has 322 valence electrons. The second-order valence-electron chi connectivity index (χ2n) is 16.8. The molecule has 0 radical (unpaired) electrons. The van der Waals surface area contributed by atoms with Crippen LogP contribution in [0.15, 0.2) is 30.6 Å². The van der Waals surface area contributed by atoms with Crippen molar-refractivity contribution in [3.8, 4) is 0 Å². The van der Waals surface area contributed by atoms with Crippen molar-refractivity contribution in [2.24, 2.45) is 28.7 Å². The monoisotopic (exact) mass is 822 g/mol. The fourth-order valence-electron chi connectivity index (χ4n) is 8.19. The van der Waals surface area contributed by atoms with Crippen LogP contribution in [0.4, 0.5) is 0 Å². The van der Waals surface area contributed by atoms with Gasteiger partial charge in [-0.15, -0.1) is 0 Å². The number of Topliss-reactive ketones (excluding diaryl/α,β-unsaturated/α-hetero) is 1. The molecule has 2 saturated carbocycles. The molecule has 0 unspecified atom stereocenters. The van der Waals surface area contributed by atoms with E-state index in [1.807, 2.05) is 0 Å². The average Bonchev–Trinajstić information content (AvgIpc) is 3.60. The Labute approximate surface area is 343 Å². The van der Waals surface area contributed by atoms with Crippen molar-refractivity contribution in [3.63, 3.8) is 0 Å². The van der Waals surface area contributed by atoms with Crippen molar-refractivity contribution in [2.75, 3.05) is 6.54 Å². The molecular weight excluding hydrogens is 764 g/mol. The Morgan fingerprint density at radius 1 is 0.847 bits per heavy atom. The number of carboxylic acid groups (broad SMARTS) is 1. The molecule has 1 aromatic heterocycles. The molecule has 0 aromatic carbocycles. The summed E-state index contributed by atoms with van der Waals surface area (Å²) in [5.74, 6) is -7.44. The van der Waals surface area contributed by atoms with Gasteiger partial charge in [-0.25, -0.2) is 4.79 Å². The number of nitrogens with one attached hydrogen (secondary N) is 4. The normalized spacial score (nSPS) is 19.9. The minimum Gasteiger partial charge on any atom is -0.478 e. The Hall–Kier alpha value is -5.68. The highest BCUT2D eigenvalue weighted by Gasteiger charge is 2.46. The van der Waals surface area contributed by atoms with E-state index in [1.54, 1.807) is 20.8 Å². The number of ketones is 1. The maximum atomic E-state index is 14.5. The van der Waals surface area contributed by atoms with Crippen LogP contribution in [0.3, 0.4) is 0 Å². The average molecular weight is 823 g/mol. The van der Waals surface area contributed by atoms with Gasteiger partial charge in [-0.1, -0.05) is 65.4 Å². The van der Waals surface area contributed by atoms with Gasteiger partial charge in [-0.2, -0.15) is 0 Å². The molecule has 2 aliphatic carbocycles. The van der Waals surface area contributed by atoms with E-state index < -0.39 is 101 Å². The summed E-state index contributed by atoms with van der Waals surface area (Å²) in [6, 6.07) is -4.83. The van der Waals surface area contributed by atoms with Crippen molar-refractivity contribution in [2.45, 2.75) is 134 Å². The highest BCUT2D eigenvalue weighted by atomic mass is 16.4. The molecule has 0 bridgehead atoms. The first-order valence-corrected chi connectivity index (χ1v) is 20.4. The number of amides is 7. The lowest BCUT2D eigenvalue weighted by molar-refractivity contribution is -0.145. The summed E-state index contributed by atoms with van der Waals surface area (Å²) < 4.78 is 0. The molecule has 3 fully saturated rings. The molecule has 1 aromatic rings. The van der Waals surface area contributed by atoms with E-state index in [2.05, 4.69) is 26.3 Å². The molecule has 1 aliphatic heterocycles. The third-order valence-electron chi connectivity index (χ3n) is 11.4. The van der Waals surface area contributed by atoms with Gasteiger partial charge in [0.15, 0.2) is 5.78 Å². The zero-order valence-corrected chi connectivity index (χ0v) is 34.0. The highest BCUT2D eigenvalue weighted by Crippen LogP contribution is 2.30. The SMILES string of the molecule is CC(C)(C)[C@H](NC(=O)[C@H](CC/C=C/C(N)=O)NC(=O)c1ccncc1C(=O)O)C(=O)N1CC(=O)C[C@H]1C(=O)N[C@H](C(=O)N[C@H](C(N)=O)C1CCCCC1)C1CCCCC1. The van der Waals surface area contributed by atoms with Gasteiger partial charge >= 0.3 is 5.97 Å². The Morgan fingerprint density at radius 3 is 2.02 bits per heavy atom. The second kappa shape index (κ2) is 20.8. The number of carbonyl (C=O) groups is 9. The first-order chi connectivity index (χ1) is 27.9. The number of pyridine rings is 1. The topological polar surface area (TPSA) is 290 Å². The third kappa shape index (κ3) is 12.7. The lowest BCUT2D eigenvalue weighted by Crippen LogP contribution is -2.62.